The number of nitrogens with one attached hydrogen (secondary N) is 1. The van der Waals surface area contributed by atoms with E-state index in [1.165, 1.54) is 0 Å². The molecule has 1 unspecified atom stereocenters. The van der Waals surface area contributed by atoms with Crippen molar-refractivity contribution in [2.24, 2.45) is 5.41 Å². The quantitative estimate of drug-likeness (QED) is 0.645. The van der Waals surface area contributed by atoms with Gasteiger partial charge in [0.25, 0.3) is 5.69 Å². The van der Waals surface area contributed by atoms with Crippen molar-refractivity contribution in [1.82, 2.24) is 0 Å². The van der Waals surface area contributed by atoms with Crippen molar-refractivity contribution in [2.75, 3.05) is 11.9 Å². The van der Waals surface area contributed by atoms with Crippen molar-refractivity contribution in [3.63, 3.8) is 0 Å². The molecule has 0 radical (unpaired) electrons. The van der Waals surface area contributed by atoms with Crippen LogP contribution >= 0.6 is 0 Å². The number of benzene rings is 1. The lowest BCUT2D eigenvalue weighted by Gasteiger charge is -2.22. The van der Waals surface area contributed by atoms with Gasteiger partial charge in [-0.1, -0.05) is 20.8 Å². The molecule has 0 saturated heterocycles. The number of aliphatic hydroxyl groups is 1. The van der Waals surface area contributed by atoms with Gasteiger partial charge in [-0.3, -0.25) is 10.1 Å². The van der Waals surface area contributed by atoms with Gasteiger partial charge in [-0.15, -0.1) is 0 Å². The van der Waals surface area contributed by atoms with Crippen molar-refractivity contribution in [2.45, 2.75) is 33.3 Å². The SMILES string of the molecule is CC(C)(C)CC(O)CNc1c(F)cc([N+](=O)[O-])cc1F. The third-order valence-electron chi connectivity index (χ3n) is 2.60. The van der Waals surface area contributed by atoms with Gasteiger partial charge in [0.05, 0.1) is 23.2 Å². The highest BCUT2D eigenvalue weighted by molar-refractivity contribution is 5.51. The van der Waals surface area contributed by atoms with E-state index in [0.29, 0.717) is 18.6 Å². The molecule has 2 N–H and O–H groups in total. The Balaban J connectivity index is 2.76. The van der Waals surface area contributed by atoms with Crippen molar-refractivity contribution in [3.05, 3.63) is 33.9 Å². The van der Waals surface area contributed by atoms with Crippen molar-refractivity contribution in [1.29, 1.82) is 0 Å². The van der Waals surface area contributed by atoms with Gasteiger partial charge in [-0.2, -0.15) is 0 Å². The first-order valence-electron chi connectivity index (χ1n) is 6.15. The highest BCUT2D eigenvalue weighted by atomic mass is 19.1. The Morgan fingerprint density at radius 3 is 2.25 bits per heavy atom. The molecule has 1 aromatic carbocycles. The van der Waals surface area contributed by atoms with E-state index in [-0.39, 0.29) is 12.0 Å². The van der Waals surface area contributed by atoms with E-state index in [1.54, 1.807) is 0 Å². The summed E-state index contributed by atoms with van der Waals surface area (Å²) in [5.41, 5.74) is -1.24. The zero-order chi connectivity index (χ0) is 15.5. The summed E-state index contributed by atoms with van der Waals surface area (Å²) in [6, 6.07) is 1.28. The molecule has 7 heteroatoms. The van der Waals surface area contributed by atoms with Gasteiger partial charge >= 0.3 is 0 Å². The molecule has 0 fully saturated rings. The van der Waals surface area contributed by atoms with Crippen LogP contribution in [0.2, 0.25) is 0 Å². The zero-order valence-electron chi connectivity index (χ0n) is 11.6. The maximum atomic E-state index is 13.6. The Hall–Kier alpha value is -1.76. The van der Waals surface area contributed by atoms with Crippen LogP contribution in [0, 0.1) is 27.2 Å². The molecule has 0 aromatic heterocycles. The predicted molar refractivity (Wildman–Crippen MR) is 71.6 cm³/mol. The Morgan fingerprint density at radius 1 is 1.35 bits per heavy atom. The molecule has 0 amide bonds. The molecular formula is C13H18F2N2O3. The Bertz CT molecular complexity index is 478. The van der Waals surface area contributed by atoms with Gasteiger partial charge in [0, 0.05) is 6.54 Å². The number of aliphatic hydroxyl groups excluding tert-OH is 1. The molecule has 112 valence electrons. The largest absolute Gasteiger partial charge is 0.391 e. The average Bonchev–Trinajstić information content (AvgIpc) is 2.24. The molecule has 20 heavy (non-hydrogen) atoms. The van der Waals surface area contributed by atoms with Gasteiger partial charge in [0.15, 0.2) is 11.6 Å². The number of halogens is 2. The smallest absolute Gasteiger partial charge is 0.275 e. The molecule has 5 nitrogen and oxygen atoms in total. The standard InChI is InChI=1S/C13H18F2N2O3/c1-13(2,3)6-9(18)7-16-12-10(14)4-8(17(19)20)5-11(12)15/h4-5,9,16,18H,6-7H2,1-3H3. The summed E-state index contributed by atoms with van der Waals surface area (Å²) in [5.74, 6) is -2.11. The molecule has 0 saturated carbocycles. The number of nitro groups is 1. The van der Waals surface area contributed by atoms with Crippen molar-refractivity contribution in [3.8, 4) is 0 Å². The fraction of sp³-hybridized carbons (Fsp3) is 0.538. The highest BCUT2D eigenvalue weighted by Crippen LogP contribution is 2.26. The topological polar surface area (TPSA) is 75.4 Å². The fourth-order valence-corrected chi connectivity index (χ4v) is 1.83. The van der Waals surface area contributed by atoms with Crippen LogP contribution in [0.1, 0.15) is 27.2 Å². The number of rotatable bonds is 5. The van der Waals surface area contributed by atoms with Crippen LogP contribution in [0.3, 0.4) is 0 Å². The Labute approximate surface area is 115 Å². The van der Waals surface area contributed by atoms with Crippen molar-refractivity contribution < 1.29 is 18.8 Å². The van der Waals surface area contributed by atoms with Gasteiger partial charge in [-0.25, -0.2) is 8.78 Å². The number of nitrogens with zero attached hydrogens (tertiary/aromatic N) is 1. The number of hydrogen-bond donors (Lipinski definition) is 2. The predicted octanol–water partition coefficient (Wildman–Crippen LogP) is 3.08. The normalized spacial score (nSPS) is 13.1. The highest BCUT2D eigenvalue weighted by Gasteiger charge is 2.20. The second-order valence-corrected chi connectivity index (χ2v) is 5.84. The van der Waals surface area contributed by atoms with Gasteiger partial charge in [-0.05, 0) is 11.8 Å². The summed E-state index contributed by atoms with van der Waals surface area (Å²) < 4.78 is 27.1. The Kier molecular flexibility index (Phi) is 4.99. The fourth-order valence-electron chi connectivity index (χ4n) is 1.83. The van der Waals surface area contributed by atoms with Crippen LogP contribution in [0.5, 0.6) is 0 Å². The molecule has 0 spiro atoms. The number of nitro benzene ring substituents is 1. The van der Waals surface area contributed by atoms with Gasteiger partial charge in [0.2, 0.25) is 0 Å². The van der Waals surface area contributed by atoms with Crippen LogP contribution < -0.4 is 5.32 Å². The molecule has 0 aliphatic carbocycles. The summed E-state index contributed by atoms with van der Waals surface area (Å²) >= 11 is 0. The summed E-state index contributed by atoms with van der Waals surface area (Å²) in [4.78, 5) is 9.58. The van der Waals surface area contributed by atoms with Crippen LogP contribution in [0.25, 0.3) is 0 Å². The van der Waals surface area contributed by atoms with Crippen molar-refractivity contribution >= 4 is 11.4 Å². The van der Waals surface area contributed by atoms with E-state index >= 15 is 0 Å². The summed E-state index contributed by atoms with van der Waals surface area (Å²) in [6.07, 6.45) is -0.319. The van der Waals surface area contributed by atoms with E-state index in [0.717, 1.165) is 0 Å². The molecule has 1 atom stereocenters. The summed E-state index contributed by atoms with van der Waals surface area (Å²) in [5, 5.41) is 22.7. The first-order valence-corrected chi connectivity index (χ1v) is 6.15. The van der Waals surface area contributed by atoms with Crippen LogP contribution in [0.4, 0.5) is 20.2 Å². The molecule has 0 aliphatic heterocycles. The average molecular weight is 288 g/mol. The first-order chi connectivity index (χ1) is 9.10. The first kappa shape index (κ1) is 16.3. The van der Waals surface area contributed by atoms with Gasteiger partial charge in [0.1, 0.15) is 5.69 Å². The maximum Gasteiger partial charge on any atom is 0.275 e. The molecule has 0 aliphatic rings. The summed E-state index contributed by atoms with van der Waals surface area (Å²) in [7, 11) is 0. The molecular weight excluding hydrogens is 270 g/mol. The van der Waals surface area contributed by atoms with E-state index < -0.39 is 34.0 Å². The van der Waals surface area contributed by atoms with Gasteiger partial charge < -0.3 is 10.4 Å². The second kappa shape index (κ2) is 6.13. The molecule has 0 heterocycles. The minimum absolute atomic E-state index is 0.0388. The lowest BCUT2D eigenvalue weighted by Crippen LogP contribution is -2.25. The Morgan fingerprint density at radius 2 is 1.85 bits per heavy atom. The third-order valence-corrected chi connectivity index (χ3v) is 2.60. The second-order valence-electron chi connectivity index (χ2n) is 5.84. The van der Waals surface area contributed by atoms with Crippen LogP contribution in [0.15, 0.2) is 12.1 Å². The van der Waals surface area contributed by atoms with E-state index in [9.17, 15) is 24.0 Å². The monoisotopic (exact) mass is 288 g/mol. The summed E-state index contributed by atoms with van der Waals surface area (Å²) in [6.45, 7) is 5.76. The molecule has 1 aromatic rings. The van der Waals surface area contributed by atoms with Crippen LogP contribution in [-0.2, 0) is 0 Å². The van der Waals surface area contributed by atoms with E-state index in [1.807, 2.05) is 20.8 Å². The van der Waals surface area contributed by atoms with E-state index in [2.05, 4.69) is 5.32 Å². The molecule has 1 rings (SSSR count). The lowest BCUT2D eigenvalue weighted by atomic mass is 9.89. The zero-order valence-corrected chi connectivity index (χ0v) is 11.6. The van der Waals surface area contributed by atoms with Crippen LogP contribution in [-0.4, -0.2) is 22.7 Å². The minimum Gasteiger partial charge on any atom is -0.391 e. The number of hydrogen-bond acceptors (Lipinski definition) is 4. The minimum atomic E-state index is -1.06. The third kappa shape index (κ3) is 4.73. The number of non-ortho nitro benzene ring substituents is 1. The lowest BCUT2D eigenvalue weighted by molar-refractivity contribution is -0.385. The maximum absolute atomic E-state index is 13.6. The molecule has 0 bridgehead atoms. The number of anilines is 1. The van der Waals surface area contributed by atoms with E-state index in [4.69, 9.17) is 0 Å².